The van der Waals surface area contributed by atoms with Crippen molar-refractivity contribution in [2.45, 2.75) is 31.7 Å². The first-order valence-corrected chi connectivity index (χ1v) is 6.26. The molecule has 1 fully saturated rings. The molecule has 0 bridgehead atoms. The third-order valence-electron chi connectivity index (χ3n) is 3.19. The van der Waals surface area contributed by atoms with Gasteiger partial charge in [-0.2, -0.15) is 0 Å². The molecule has 1 saturated heterocycles. The maximum absolute atomic E-state index is 11.6. The van der Waals surface area contributed by atoms with Crippen LogP contribution in [0.5, 0.6) is 0 Å². The molecule has 1 aliphatic rings. The van der Waals surface area contributed by atoms with Crippen LogP contribution in [0, 0.1) is 6.92 Å². The van der Waals surface area contributed by atoms with Crippen molar-refractivity contribution in [2.75, 3.05) is 13.7 Å². The van der Waals surface area contributed by atoms with Gasteiger partial charge in [0.1, 0.15) is 5.54 Å². The zero-order valence-corrected chi connectivity index (χ0v) is 10.7. The van der Waals surface area contributed by atoms with Gasteiger partial charge in [-0.05, 0) is 32.4 Å². The molecule has 0 spiro atoms. The van der Waals surface area contributed by atoms with Crippen LogP contribution in [0.25, 0.3) is 0 Å². The summed E-state index contributed by atoms with van der Waals surface area (Å²) in [5, 5.41) is 3.27. The van der Waals surface area contributed by atoms with Gasteiger partial charge in [-0.1, -0.05) is 0 Å². The molecule has 2 atom stereocenters. The van der Waals surface area contributed by atoms with Gasteiger partial charge in [-0.25, -0.2) is 0 Å². The lowest BCUT2D eigenvalue weighted by Gasteiger charge is -2.20. The number of ether oxygens (including phenoxy) is 1. The molecule has 16 heavy (non-hydrogen) atoms. The predicted octanol–water partition coefficient (Wildman–Crippen LogP) is 2.07. The van der Waals surface area contributed by atoms with Gasteiger partial charge in [0.05, 0.1) is 7.11 Å². The van der Waals surface area contributed by atoms with E-state index >= 15 is 0 Å². The maximum Gasteiger partial charge on any atom is 0.325 e. The zero-order valence-electron chi connectivity index (χ0n) is 9.87. The Morgan fingerprint density at radius 2 is 2.38 bits per heavy atom. The average Bonchev–Trinajstić information content (AvgIpc) is 2.84. The summed E-state index contributed by atoms with van der Waals surface area (Å²) in [6, 6.07) is 4.29. The summed E-state index contributed by atoms with van der Waals surface area (Å²) < 4.78 is 4.83. The molecule has 0 saturated carbocycles. The minimum atomic E-state index is -0.517. The van der Waals surface area contributed by atoms with Crippen LogP contribution in [-0.4, -0.2) is 25.2 Å². The van der Waals surface area contributed by atoms with Crippen molar-refractivity contribution in [3.05, 3.63) is 21.9 Å². The van der Waals surface area contributed by atoms with Crippen molar-refractivity contribution >= 4 is 17.3 Å². The third-order valence-corrected chi connectivity index (χ3v) is 4.36. The molecule has 0 aromatic carbocycles. The summed E-state index contributed by atoms with van der Waals surface area (Å²) >= 11 is 1.81. The summed E-state index contributed by atoms with van der Waals surface area (Å²) in [5.74, 6) is 0.270. The molecule has 0 radical (unpaired) electrons. The summed E-state index contributed by atoms with van der Waals surface area (Å²) in [5.41, 5.74) is -0.517. The number of thiophene rings is 1. The lowest BCUT2D eigenvalue weighted by Crippen LogP contribution is -2.45. The van der Waals surface area contributed by atoms with Crippen LogP contribution in [0.1, 0.15) is 29.0 Å². The molecule has 4 heteroatoms. The fourth-order valence-electron chi connectivity index (χ4n) is 2.24. The van der Waals surface area contributed by atoms with E-state index < -0.39 is 5.54 Å². The number of rotatable bonds is 2. The van der Waals surface area contributed by atoms with E-state index in [4.69, 9.17) is 4.74 Å². The van der Waals surface area contributed by atoms with Gasteiger partial charge in [0.2, 0.25) is 0 Å². The second-order valence-corrected chi connectivity index (χ2v) is 5.87. The van der Waals surface area contributed by atoms with E-state index in [0.717, 1.165) is 13.0 Å². The summed E-state index contributed by atoms with van der Waals surface area (Å²) in [7, 11) is 1.44. The van der Waals surface area contributed by atoms with E-state index in [1.54, 1.807) is 0 Å². The third kappa shape index (κ3) is 1.99. The van der Waals surface area contributed by atoms with E-state index in [9.17, 15) is 4.79 Å². The average molecular weight is 239 g/mol. The highest BCUT2D eigenvalue weighted by atomic mass is 32.1. The molecule has 2 heterocycles. The molecule has 2 unspecified atom stereocenters. The fourth-order valence-corrected chi connectivity index (χ4v) is 3.22. The standard InChI is InChI=1S/C12H17NO2S/c1-8-4-5-10(16-8)9-6-12(2,13-7-9)11(14)15-3/h4-5,9,13H,6-7H2,1-3H3. The van der Waals surface area contributed by atoms with Gasteiger partial charge in [-0.3, -0.25) is 4.79 Å². The number of methoxy groups -OCH3 is 1. The van der Waals surface area contributed by atoms with E-state index in [2.05, 4.69) is 24.4 Å². The first-order valence-electron chi connectivity index (χ1n) is 5.45. The van der Waals surface area contributed by atoms with Gasteiger partial charge in [0.25, 0.3) is 0 Å². The molecular weight excluding hydrogens is 222 g/mol. The molecule has 1 aromatic heterocycles. The van der Waals surface area contributed by atoms with Crippen LogP contribution in [0.2, 0.25) is 0 Å². The lowest BCUT2D eigenvalue weighted by molar-refractivity contribution is -0.147. The first kappa shape index (κ1) is 11.6. The Hall–Kier alpha value is -0.870. The fraction of sp³-hybridized carbons (Fsp3) is 0.583. The quantitative estimate of drug-likeness (QED) is 0.803. The summed E-state index contributed by atoms with van der Waals surface area (Å²) in [6.07, 6.45) is 0.819. The number of hydrogen-bond donors (Lipinski definition) is 1. The van der Waals surface area contributed by atoms with Crippen LogP contribution in [0.4, 0.5) is 0 Å². The summed E-state index contributed by atoms with van der Waals surface area (Å²) in [6.45, 7) is 4.88. The Morgan fingerprint density at radius 3 is 2.94 bits per heavy atom. The van der Waals surface area contributed by atoms with Crippen molar-refractivity contribution in [3.63, 3.8) is 0 Å². The van der Waals surface area contributed by atoms with E-state index in [0.29, 0.717) is 5.92 Å². The van der Waals surface area contributed by atoms with Gasteiger partial charge in [0.15, 0.2) is 0 Å². The number of hydrogen-bond acceptors (Lipinski definition) is 4. The number of carbonyl (C=O) groups excluding carboxylic acids is 1. The number of esters is 1. The molecular formula is C12H17NO2S. The lowest BCUT2D eigenvalue weighted by atomic mass is 9.94. The minimum absolute atomic E-state index is 0.164. The first-order chi connectivity index (χ1) is 7.55. The number of nitrogens with one attached hydrogen (secondary N) is 1. The van der Waals surface area contributed by atoms with Crippen molar-refractivity contribution in [3.8, 4) is 0 Å². The highest BCUT2D eigenvalue weighted by Gasteiger charge is 2.42. The van der Waals surface area contributed by atoms with Gasteiger partial charge < -0.3 is 10.1 Å². The topological polar surface area (TPSA) is 38.3 Å². The Bertz CT molecular complexity index is 401. The van der Waals surface area contributed by atoms with Crippen LogP contribution in [0.15, 0.2) is 12.1 Å². The Labute approximate surface area is 99.8 Å². The molecule has 3 nitrogen and oxygen atoms in total. The van der Waals surface area contributed by atoms with Gasteiger partial charge in [-0.15, -0.1) is 11.3 Å². The van der Waals surface area contributed by atoms with E-state index in [1.807, 2.05) is 18.3 Å². The SMILES string of the molecule is COC(=O)C1(C)CC(c2ccc(C)s2)CN1. The predicted molar refractivity (Wildman–Crippen MR) is 64.8 cm³/mol. The number of aryl methyl sites for hydroxylation is 1. The Kier molecular flexibility index (Phi) is 3.04. The van der Waals surface area contributed by atoms with Crippen LogP contribution in [-0.2, 0) is 9.53 Å². The minimum Gasteiger partial charge on any atom is -0.468 e. The summed E-state index contributed by atoms with van der Waals surface area (Å²) in [4.78, 5) is 14.3. The van der Waals surface area contributed by atoms with Crippen LogP contribution in [0.3, 0.4) is 0 Å². The molecule has 1 aromatic rings. The maximum atomic E-state index is 11.6. The normalized spacial score (nSPS) is 29.3. The van der Waals surface area contributed by atoms with E-state index in [1.165, 1.54) is 16.9 Å². The molecule has 88 valence electrons. The van der Waals surface area contributed by atoms with Crippen molar-refractivity contribution in [1.82, 2.24) is 5.32 Å². The molecule has 1 aliphatic heterocycles. The largest absolute Gasteiger partial charge is 0.468 e. The highest BCUT2D eigenvalue weighted by Crippen LogP contribution is 2.35. The monoisotopic (exact) mass is 239 g/mol. The smallest absolute Gasteiger partial charge is 0.325 e. The van der Waals surface area contributed by atoms with Gasteiger partial charge in [0, 0.05) is 22.2 Å². The van der Waals surface area contributed by atoms with Gasteiger partial charge >= 0.3 is 5.97 Å². The van der Waals surface area contributed by atoms with Crippen LogP contribution < -0.4 is 5.32 Å². The Balaban J connectivity index is 2.11. The van der Waals surface area contributed by atoms with Crippen LogP contribution >= 0.6 is 11.3 Å². The molecule has 2 rings (SSSR count). The Morgan fingerprint density at radius 1 is 1.62 bits per heavy atom. The zero-order chi connectivity index (χ0) is 11.8. The van der Waals surface area contributed by atoms with Crippen molar-refractivity contribution < 1.29 is 9.53 Å². The number of carbonyl (C=O) groups is 1. The van der Waals surface area contributed by atoms with E-state index in [-0.39, 0.29) is 5.97 Å². The second kappa shape index (κ2) is 4.18. The molecule has 0 aliphatic carbocycles. The van der Waals surface area contributed by atoms with Crippen molar-refractivity contribution in [1.29, 1.82) is 0 Å². The van der Waals surface area contributed by atoms with Crippen molar-refractivity contribution in [2.24, 2.45) is 0 Å². The second-order valence-electron chi connectivity index (χ2n) is 4.55. The highest BCUT2D eigenvalue weighted by molar-refractivity contribution is 7.12. The molecule has 0 amide bonds. The molecule has 1 N–H and O–H groups in total.